The molecule has 0 aliphatic carbocycles. The van der Waals surface area contributed by atoms with Crippen LogP contribution < -0.4 is 5.69 Å². The molecular weight excluding hydrogens is 356 g/mol. The van der Waals surface area contributed by atoms with Crippen molar-refractivity contribution in [3.8, 4) is 0 Å². The van der Waals surface area contributed by atoms with Crippen LogP contribution in [0.4, 0.5) is 0 Å². The quantitative estimate of drug-likeness (QED) is 0.770. The molecule has 0 saturated carbocycles. The molecule has 2 aromatic rings. The third kappa shape index (κ3) is 3.41. The molecule has 10 heteroatoms. The number of rotatable bonds is 5. The van der Waals surface area contributed by atoms with Gasteiger partial charge in [0.25, 0.3) is 0 Å². The van der Waals surface area contributed by atoms with E-state index >= 15 is 0 Å². The maximum Gasteiger partial charge on any atom is 0.340 e. The number of fused-ring (bicyclic) bond motifs is 4. The summed E-state index contributed by atoms with van der Waals surface area (Å²) in [4.78, 5) is 47.0. The number of aromatic amines is 2. The smallest absolute Gasteiger partial charge is 0.340 e. The Morgan fingerprint density at radius 2 is 2.19 bits per heavy atom. The predicted molar refractivity (Wildman–Crippen MR) is 93.3 cm³/mol. The van der Waals surface area contributed by atoms with Gasteiger partial charge in [-0.3, -0.25) is 14.6 Å². The molecule has 26 heavy (non-hydrogen) atoms. The summed E-state index contributed by atoms with van der Waals surface area (Å²) < 4.78 is 0. The summed E-state index contributed by atoms with van der Waals surface area (Å²) in [6, 6.07) is 0.0390. The zero-order valence-electron chi connectivity index (χ0n) is 14.2. The Balaban J connectivity index is 1.42. The lowest BCUT2D eigenvalue weighted by molar-refractivity contribution is -0.140. The molecule has 5 heterocycles. The number of aromatic nitrogens is 4. The molecule has 0 unspecified atom stereocenters. The normalized spacial score (nSPS) is 22.7. The molecule has 2 N–H and O–H groups in total. The maximum absolute atomic E-state index is 12.8. The van der Waals surface area contributed by atoms with Gasteiger partial charge in [-0.05, 0) is 12.8 Å². The van der Waals surface area contributed by atoms with Crippen LogP contribution >= 0.6 is 11.3 Å². The molecule has 2 atom stereocenters. The Bertz CT molecular complexity index is 844. The Labute approximate surface area is 153 Å². The number of hydrogen-bond donors (Lipinski definition) is 2. The number of thiazole rings is 1. The summed E-state index contributed by atoms with van der Waals surface area (Å²) in [7, 11) is 0. The fraction of sp³-hybridized carbons (Fsp3) is 0.562. The van der Waals surface area contributed by atoms with Gasteiger partial charge in [-0.2, -0.15) is 5.10 Å². The number of nitrogens with one attached hydrogen (secondary N) is 2. The molecule has 3 aliphatic heterocycles. The molecule has 2 amide bonds. The summed E-state index contributed by atoms with van der Waals surface area (Å²) in [6.45, 7) is 1.54. The van der Waals surface area contributed by atoms with E-state index in [4.69, 9.17) is 0 Å². The van der Waals surface area contributed by atoms with Crippen molar-refractivity contribution in [2.24, 2.45) is 5.92 Å². The van der Waals surface area contributed by atoms with Gasteiger partial charge in [-0.25, -0.2) is 14.9 Å². The van der Waals surface area contributed by atoms with E-state index in [9.17, 15) is 14.4 Å². The van der Waals surface area contributed by atoms with Gasteiger partial charge in [0.15, 0.2) is 0 Å². The van der Waals surface area contributed by atoms with Crippen LogP contribution in [0, 0.1) is 5.92 Å². The first-order chi connectivity index (χ1) is 12.6. The second-order valence-electron chi connectivity index (χ2n) is 6.80. The summed E-state index contributed by atoms with van der Waals surface area (Å²) >= 11 is 1.52. The first-order valence-corrected chi connectivity index (χ1v) is 9.63. The van der Waals surface area contributed by atoms with Crippen molar-refractivity contribution in [2.45, 2.75) is 38.3 Å². The van der Waals surface area contributed by atoms with E-state index in [0.717, 1.165) is 18.5 Å². The number of amides is 2. The molecular formula is C16H20N6O3S. The van der Waals surface area contributed by atoms with Crippen molar-refractivity contribution in [1.29, 1.82) is 0 Å². The fourth-order valence-electron chi connectivity index (χ4n) is 3.75. The summed E-state index contributed by atoms with van der Waals surface area (Å²) in [5.74, 6) is 0.458. The van der Waals surface area contributed by atoms with Gasteiger partial charge >= 0.3 is 5.69 Å². The van der Waals surface area contributed by atoms with Crippen LogP contribution in [0.2, 0.25) is 0 Å². The number of carbonyl (C=O) groups is 2. The summed E-state index contributed by atoms with van der Waals surface area (Å²) in [5.41, 5.74) is 2.30. The van der Waals surface area contributed by atoms with Gasteiger partial charge in [0.1, 0.15) is 5.82 Å². The topological polar surface area (TPSA) is 115 Å². The number of H-pyrrole nitrogens is 2. The van der Waals surface area contributed by atoms with Gasteiger partial charge in [0.05, 0.1) is 23.7 Å². The lowest BCUT2D eigenvalue weighted by Crippen LogP contribution is -2.47. The first kappa shape index (κ1) is 17.0. The lowest BCUT2D eigenvalue weighted by Gasteiger charge is -2.35. The molecule has 3 aliphatic rings. The van der Waals surface area contributed by atoms with Gasteiger partial charge in [0.2, 0.25) is 11.8 Å². The predicted octanol–water partition coefficient (Wildman–Crippen LogP) is 0.137. The second kappa shape index (κ2) is 7.02. The van der Waals surface area contributed by atoms with Gasteiger partial charge in [-0.1, -0.05) is 0 Å². The second-order valence-corrected chi connectivity index (χ2v) is 7.52. The van der Waals surface area contributed by atoms with Crippen LogP contribution in [0.25, 0.3) is 0 Å². The monoisotopic (exact) mass is 376 g/mol. The van der Waals surface area contributed by atoms with E-state index in [1.54, 1.807) is 10.4 Å². The highest BCUT2D eigenvalue weighted by Gasteiger charge is 2.41. The number of aryl methyl sites for hydroxylation is 1. The fourth-order valence-corrected chi connectivity index (χ4v) is 4.30. The molecule has 138 valence electrons. The van der Waals surface area contributed by atoms with Crippen molar-refractivity contribution in [2.75, 3.05) is 13.1 Å². The minimum atomic E-state index is -0.372. The minimum Gasteiger partial charge on any atom is -0.340 e. The molecule has 0 radical (unpaired) electrons. The van der Waals surface area contributed by atoms with Crippen LogP contribution in [0.3, 0.4) is 0 Å². The number of carbonyl (C=O) groups excluding carboxylic acids is 2. The van der Waals surface area contributed by atoms with Gasteiger partial charge in [0, 0.05) is 37.4 Å². The molecule has 2 aromatic heterocycles. The van der Waals surface area contributed by atoms with Crippen LogP contribution in [-0.2, 0) is 22.6 Å². The average molecular weight is 376 g/mol. The van der Waals surface area contributed by atoms with Crippen molar-refractivity contribution in [1.82, 2.24) is 30.0 Å². The van der Waals surface area contributed by atoms with E-state index in [1.165, 1.54) is 11.3 Å². The van der Waals surface area contributed by atoms with Gasteiger partial charge < -0.3 is 9.80 Å². The van der Waals surface area contributed by atoms with Crippen molar-refractivity contribution in [3.63, 3.8) is 0 Å². The third-order valence-electron chi connectivity index (χ3n) is 5.09. The highest BCUT2D eigenvalue weighted by Crippen LogP contribution is 2.30. The van der Waals surface area contributed by atoms with E-state index in [2.05, 4.69) is 20.2 Å². The summed E-state index contributed by atoms with van der Waals surface area (Å²) in [6.07, 6.45) is 2.38. The van der Waals surface area contributed by atoms with Crippen LogP contribution in [0.5, 0.6) is 0 Å². The van der Waals surface area contributed by atoms with E-state index in [-0.39, 0.29) is 35.9 Å². The standard InChI is InChI=1S/C16H20N6O3S/c23-14(4-3-13-18-16(25)20-19-13)21-5-10-1-2-12(7-21)22(15(10)24)6-11-8-26-9-17-11/h8-10,12H,1-7H2,(H2,18,19,20,25)/t10-,12+/m0/s1. The van der Waals surface area contributed by atoms with Crippen LogP contribution in [0.15, 0.2) is 15.7 Å². The van der Waals surface area contributed by atoms with Crippen molar-refractivity contribution in [3.05, 3.63) is 32.9 Å². The number of piperidine rings is 1. The Morgan fingerprint density at radius 1 is 1.31 bits per heavy atom. The van der Waals surface area contributed by atoms with E-state index in [1.807, 2.05) is 10.3 Å². The largest absolute Gasteiger partial charge is 0.340 e. The lowest BCUT2D eigenvalue weighted by atomic mass is 9.94. The number of nitrogens with zero attached hydrogens (tertiary/aromatic N) is 4. The van der Waals surface area contributed by atoms with Crippen molar-refractivity contribution >= 4 is 23.2 Å². The molecule has 9 nitrogen and oxygen atoms in total. The zero-order chi connectivity index (χ0) is 18.1. The molecule has 0 spiro atoms. The zero-order valence-corrected chi connectivity index (χ0v) is 15.0. The molecule has 3 fully saturated rings. The maximum atomic E-state index is 12.8. The Kier molecular flexibility index (Phi) is 4.58. The molecule has 5 rings (SSSR count). The SMILES string of the molecule is O=C(CCc1n[nH]c(=O)[nH]1)N1C[C@@H]2CC[C@H](C1)N(Cc1cscn1)C2=O. The third-order valence-corrected chi connectivity index (χ3v) is 5.72. The van der Waals surface area contributed by atoms with Crippen LogP contribution in [-0.4, -0.2) is 60.9 Å². The number of hydrogen-bond acceptors (Lipinski definition) is 6. The van der Waals surface area contributed by atoms with E-state index < -0.39 is 0 Å². The molecule has 3 saturated heterocycles. The van der Waals surface area contributed by atoms with Gasteiger partial charge in [-0.15, -0.1) is 11.3 Å². The highest BCUT2D eigenvalue weighted by atomic mass is 32.1. The highest BCUT2D eigenvalue weighted by molar-refractivity contribution is 7.07. The minimum absolute atomic E-state index is 0.00550. The Hall–Kier alpha value is -2.49. The molecule has 2 bridgehead atoms. The van der Waals surface area contributed by atoms with E-state index in [0.29, 0.717) is 31.9 Å². The average Bonchev–Trinajstić information content (AvgIpc) is 3.21. The first-order valence-electron chi connectivity index (χ1n) is 8.69. The Morgan fingerprint density at radius 3 is 2.92 bits per heavy atom. The van der Waals surface area contributed by atoms with Crippen LogP contribution in [0.1, 0.15) is 30.8 Å². The molecule has 0 aromatic carbocycles. The van der Waals surface area contributed by atoms with Crippen molar-refractivity contribution < 1.29 is 9.59 Å². The summed E-state index contributed by atoms with van der Waals surface area (Å²) in [5, 5.41) is 8.08.